The van der Waals surface area contributed by atoms with Gasteiger partial charge in [-0.25, -0.2) is 4.98 Å². The number of aromatic nitrogens is 4. The van der Waals surface area contributed by atoms with E-state index in [4.69, 9.17) is 0 Å². The lowest BCUT2D eigenvalue weighted by Gasteiger charge is -2.33. The summed E-state index contributed by atoms with van der Waals surface area (Å²) >= 11 is 0. The number of guanidine groups is 1. The van der Waals surface area contributed by atoms with Crippen LogP contribution in [0.15, 0.2) is 29.4 Å². The summed E-state index contributed by atoms with van der Waals surface area (Å²) < 4.78 is 1.98. The number of hydrogen-bond acceptors (Lipinski definition) is 5. The molecule has 0 unspecified atom stereocenters. The highest BCUT2D eigenvalue weighted by Crippen LogP contribution is 2.17. The lowest BCUT2D eigenvalue weighted by molar-refractivity contribution is 0.459. The second-order valence-corrected chi connectivity index (χ2v) is 6.24. The van der Waals surface area contributed by atoms with Gasteiger partial charge in [0.25, 0.3) is 0 Å². The minimum Gasteiger partial charge on any atom is -0.356 e. The number of hydrogen-bond donors (Lipinski definition) is 2. The van der Waals surface area contributed by atoms with E-state index in [1.807, 2.05) is 36.9 Å². The number of rotatable bonds is 4. The summed E-state index contributed by atoms with van der Waals surface area (Å²) in [6.07, 6.45) is 3.96. The molecule has 0 saturated carbocycles. The molecule has 2 aromatic rings. The van der Waals surface area contributed by atoms with Gasteiger partial charge in [0.05, 0.1) is 6.54 Å². The second-order valence-electron chi connectivity index (χ2n) is 6.24. The number of piperidine rings is 1. The highest BCUT2D eigenvalue weighted by Gasteiger charge is 2.20. The SMILES string of the molecule is CN=C(NCc1nnc(C)n1C)NC1CCN(c2ccccn2)CC1. The quantitative estimate of drug-likeness (QED) is 0.633. The van der Waals surface area contributed by atoms with Crippen molar-refractivity contribution >= 4 is 11.8 Å². The molecule has 8 nitrogen and oxygen atoms in total. The smallest absolute Gasteiger partial charge is 0.191 e. The third-order valence-electron chi connectivity index (χ3n) is 4.63. The molecule has 0 amide bonds. The van der Waals surface area contributed by atoms with Gasteiger partial charge in [-0.2, -0.15) is 0 Å². The second kappa shape index (κ2) is 7.96. The van der Waals surface area contributed by atoms with Crippen molar-refractivity contribution in [2.24, 2.45) is 12.0 Å². The minimum atomic E-state index is 0.410. The van der Waals surface area contributed by atoms with E-state index in [0.29, 0.717) is 12.6 Å². The zero-order chi connectivity index (χ0) is 17.6. The van der Waals surface area contributed by atoms with E-state index in [1.54, 1.807) is 7.05 Å². The minimum absolute atomic E-state index is 0.410. The molecule has 1 aliphatic rings. The number of pyridine rings is 1. The molecule has 3 heterocycles. The fourth-order valence-electron chi connectivity index (χ4n) is 2.95. The summed E-state index contributed by atoms with van der Waals surface area (Å²) in [7, 11) is 3.76. The van der Waals surface area contributed by atoms with Crippen molar-refractivity contribution in [3.05, 3.63) is 36.0 Å². The van der Waals surface area contributed by atoms with E-state index in [-0.39, 0.29) is 0 Å². The first-order chi connectivity index (χ1) is 12.2. The van der Waals surface area contributed by atoms with E-state index < -0.39 is 0 Å². The normalized spacial score (nSPS) is 16.1. The van der Waals surface area contributed by atoms with Gasteiger partial charge in [-0.15, -0.1) is 10.2 Å². The number of aryl methyl sites for hydroxylation is 1. The Kier molecular flexibility index (Phi) is 5.47. The standard InChI is InChI=1S/C17H26N8/c1-13-22-23-16(24(13)3)12-20-17(18-2)21-14-7-10-25(11-8-14)15-6-4-5-9-19-15/h4-6,9,14H,7-8,10-12H2,1-3H3,(H2,18,20,21). The highest BCUT2D eigenvalue weighted by molar-refractivity contribution is 5.79. The fraction of sp³-hybridized carbons (Fsp3) is 0.529. The molecule has 0 atom stereocenters. The van der Waals surface area contributed by atoms with Gasteiger partial charge in [0.1, 0.15) is 11.6 Å². The number of anilines is 1. The average molecular weight is 342 g/mol. The molecule has 25 heavy (non-hydrogen) atoms. The molecule has 0 aromatic carbocycles. The van der Waals surface area contributed by atoms with Crippen molar-refractivity contribution in [2.45, 2.75) is 32.4 Å². The maximum atomic E-state index is 4.43. The van der Waals surface area contributed by atoms with Crippen LogP contribution in [0, 0.1) is 6.92 Å². The van der Waals surface area contributed by atoms with Crippen LogP contribution in [-0.4, -0.2) is 51.9 Å². The Morgan fingerprint density at radius 3 is 2.68 bits per heavy atom. The molecule has 134 valence electrons. The van der Waals surface area contributed by atoms with Crippen molar-refractivity contribution in [1.82, 2.24) is 30.4 Å². The van der Waals surface area contributed by atoms with Gasteiger partial charge in [0, 0.05) is 39.4 Å². The summed E-state index contributed by atoms with van der Waals surface area (Å²) in [6.45, 7) is 4.53. The van der Waals surface area contributed by atoms with Gasteiger partial charge in [0.2, 0.25) is 0 Å². The first-order valence-corrected chi connectivity index (χ1v) is 8.65. The molecule has 8 heteroatoms. The lowest BCUT2D eigenvalue weighted by atomic mass is 10.1. The Bertz CT molecular complexity index is 701. The monoisotopic (exact) mass is 342 g/mol. The van der Waals surface area contributed by atoms with E-state index in [0.717, 1.165) is 49.4 Å². The zero-order valence-electron chi connectivity index (χ0n) is 15.1. The summed E-state index contributed by atoms with van der Waals surface area (Å²) in [4.78, 5) is 11.1. The molecule has 2 N–H and O–H groups in total. The Labute approximate surface area is 148 Å². The predicted octanol–water partition coefficient (Wildman–Crippen LogP) is 0.853. The summed E-state index contributed by atoms with van der Waals surface area (Å²) in [5, 5.41) is 15.1. The molecular formula is C17H26N8. The summed E-state index contributed by atoms with van der Waals surface area (Å²) in [5.41, 5.74) is 0. The van der Waals surface area contributed by atoms with Crippen molar-refractivity contribution in [1.29, 1.82) is 0 Å². The van der Waals surface area contributed by atoms with Crippen LogP contribution in [0.3, 0.4) is 0 Å². The Balaban J connectivity index is 1.48. The van der Waals surface area contributed by atoms with Crippen molar-refractivity contribution in [2.75, 3.05) is 25.0 Å². The van der Waals surface area contributed by atoms with Crippen LogP contribution in [-0.2, 0) is 13.6 Å². The van der Waals surface area contributed by atoms with Crippen molar-refractivity contribution in [3.8, 4) is 0 Å². The molecule has 1 aliphatic heterocycles. The van der Waals surface area contributed by atoms with Crippen molar-refractivity contribution in [3.63, 3.8) is 0 Å². The van der Waals surface area contributed by atoms with Crippen LogP contribution in [0.5, 0.6) is 0 Å². The molecular weight excluding hydrogens is 316 g/mol. The van der Waals surface area contributed by atoms with Gasteiger partial charge in [-0.05, 0) is 31.9 Å². The molecule has 0 bridgehead atoms. The topological polar surface area (TPSA) is 83.3 Å². The summed E-state index contributed by atoms with van der Waals surface area (Å²) in [5.74, 6) is 3.66. The van der Waals surface area contributed by atoms with Gasteiger partial charge >= 0.3 is 0 Å². The summed E-state index contributed by atoms with van der Waals surface area (Å²) in [6, 6.07) is 6.46. The van der Waals surface area contributed by atoms with Crippen LogP contribution in [0.4, 0.5) is 5.82 Å². The Hall–Kier alpha value is -2.64. The molecule has 1 saturated heterocycles. The van der Waals surface area contributed by atoms with Gasteiger partial charge in [-0.3, -0.25) is 4.99 Å². The Morgan fingerprint density at radius 1 is 1.28 bits per heavy atom. The van der Waals surface area contributed by atoms with E-state index in [9.17, 15) is 0 Å². The predicted molar refractivity (Wildman–Crippen MR) is 98.5 cm³/mol. The number of nitrogens with zero attached hydrogens (tertiary/aromatic N) is 6. The number of nitrogens with one attached hydrogen (secondary N) is 2. The van der Waals surface area contributed by atoms with Gasteiger partial charge in [0.15, 0.2) is 11.8 Å². The third kappa shape index (κ3) is 4.26. The molecule has 3 rings (SSSR count). The maximum absolute atomic E-state index is 4.43. The third-order valence-corrected chi connectivity index (χ3v) is 4.63. The van der Waals surface area contributed by atoms with Crippen LogP contribution in [0.1, 0.15) is 24.5 Å². The van der Waals surface area contributed by atoms with Gasteiger partial charge in [-0.1, -0.05) is 6.07 Å². The van der Waals surface area contributed by atoms with Crippen LogP contribution in [0.25, 0.3) is 0 Å². The first-order valence-electron chi connectivity index (χ1n) is 8.65. The van der Waals surface area contributed by atoms with Crippen molar-refractivity contribution < 1.29 is 0 Å². The van der Waals surface area contributed by atoms with Crippen LogP contribution in [0.2, 0.25) is 0 Å². The van der Waals surface area contributed by atoms with Crippen LogP contribution >= 0.6 is 0 Å². The Morgan fingerprint density at radius 2 is 2.08 bits per heavy atom. The molecule has 0 radical (unpaired) electrons. The zero-order valence-corrected chi connectivity index (χ0v) is 15.1. The lowest BCUT2D eigenvalue weighted by Crippen LogP contribution is -2.48. The highest BCUT2D eigenvalue weighted by atomic mass is 15.3. The molecule has 2 aromatic heterocycles. The van der Waals surface area contributed by atoms with E-state index >= 15 is 0 Å². The largest absolute Gasteiger partial charge is 0.356 e. The van der Waals surface area contributed by atoms with E-state index in [2.05, 4.69) is 41.8 Å². The number of aliphatic imine (C=N–C) groups is 1. The fourth-order valence-corrected chi connectivity index (χ4v) is 2.95. The first kappa shape index (κ1) is 17.2. The van der Waals surface area contributed by atoms with E-state index in [1.165, 1.54) is 0 Å². The molecule has 0 spiro atoms. The average Bonchev–Trinajstić information content (AvgIpc) is 2.98. The maximum Gasteiger partial charge on any atom is 0.191 e. The molecule has 1 fully saturated rings. The van der Waals surface area contributed by atoms with Gasteiger partial charge < -0.3 is 20.1 Å². The van der Waals surface area contributed by atoms with Crippen LogP contribution < -0.4 is 15.5 Å². The molecule has 0 aliphatic carbocycles.